The molecule has 5 amide bonds. The number of nitrogens with one attached hydrogen (secondary N) is 3. The number of urea groups is 1. The monoisotopic (exact) mass is 577 g/mol. The van der Waals surface area contributed by atoms with Gasteiger partial charge in [-0.05, 0) is 35.5 Å². The minimum absolute atomic E-state index is 0.00463. The molecule has 0 aromatic heterocycles. The van der Waals surface area contributed by atoms with E-state index in [9.17, 15) is 28.8 Å². The van der Waals surface area contributed by atoms with Gasteiger partial charge in [-0.1, -0.05) is 81.6 Å². The van der Waals surface area contributed by atoms with Crippen molar-refractivity contribution in [2.24, 2.45) is 34.3 Å². The summed E-state index contributed by atoms with van der Waals surface area (Å²) in [5.74, 6) is -3.08. The molecule has 5 unspecified atom stereocenters. The van der Waals surface area contributed by atoms with Crippen molar-refractivity contribution in [3.8, 4) is 0 Å². The first-order chi connectivity index (χ1) is 18.7. The Hall–Kier alpha value is -2.98. The van der Waals surface area contributed by atoms with Crippen molar-refractivity contribution in [1.82, 2.24) is 20.9 Å². The van der Waals surface area contributed by atoms with Gasteiger partial charge in [0.15, 0.2) is 5.78 Å². The molecule has 1 heterocycles. The number of nitrogens with two attached hydrogens (primary N) is 1. The molecule has 0 radical (unpaired) electrons. The van der Waals surface area contributed by atoms with Crippen LogP contribution in [0.25, 0.3) is 0 Å². The Balaban J connectivity index is 2.25. The molecule has 1 aliphatic heterocycles. The molecular weight excluding hydrogens is 526 g/mol. The average Bonchev–Trinajstić information content (AvgIpc) is 3.21. The van der Waals surface area contributed by atoms with Crippen LogP contribution in [0.1, 0.15) is 94.4 Å². The molecule has 5 atom stereocenters. The zero-order valence-corrected chi connectivity index (χ0v) is 26.3. The van der Waals surface area contributed by atoms with Gasteiger partial charge < -0.3 is 26.6 Å². The summed E-state index contributed by atoms with van der Waals surface area (Å²) >= 11 is 0. The van der Waals surface area contributed by atoms with E-state index in [1.54, 1.807) is 13.8 Å². The number of carbonyl (C=O) groups excluding carboxylic acids is 6. The molecule has 0 aromatic carbocycles. The van der Waals surface area contributed by atoms with E-state index in [2.05, 4.69) is 16.0 Å². The van der Waals surface area contributed by atoms with Crippen LogP contribution in [0.3, 0.4) is 0 Å². The second-order valence-corrected chi connectivity index (χ2v) is 14.4. The van der Waals surface area contributed by atoms with Crippen LogP contribution in [0.4, 0.5) is 4.79 Å². The largest absolute Gasteiger partial charge is 0.363 e. The number of likely N-dealkylation sites (tertiary alicyclic amines) is 1. The van der Waals surface area contributed by atoms with E-state index in [-0.39, 0.29) is 23.5 Å². The summed E-state index contributed by atoms with van der Waals surface area (Å²) in [7, 11) is 0. The fraction of sp³-hybridized carbons (Fsp3) is 0.800. The van der Waals surface area contributed by atoms with E-state index in [1.807, 2.05) is 48.5 Å². The Morgan fingerprint density at radius 2 is 1.41 bits per heavy atom. The number of amides is 5. The van der Waals surface area contributed by atoms with E-state index < -0.39 is 64.5 Å². The molecule has 5 N–H and O–H groups in total. The number of carbonyl (C=O) groups is 6. The highest BCUT2D eigenvalue weighted by molar-refractivity contribution is 6.37. The Bertz CT molecular complexity index is 1020. The van der Waals surface area contributed by atoms with E-state index in [0.717, 1.165) is 19.3 Å². The lowest BCUT2D eigenvalue weighted by Crippen LogP contribution is -2.62. The lowest BCUT2D eigenvalue weighted by atomic mass is 9.80. The molecule has 1 saturated carbocycles. The van der Waals surface area contributed by atoms with Crippen LogP contribution in [0, 0.1) is 28.6 Å². The molecule has 2 aliphatic rings. The van der Waals surface area contributed by atoms with Gasteiger partial charge in [-0.25, -0.2) is 4.79 Å². The highest BCUT2D eigenvalue weighted by Gasteiger charge is 2.45. The second kappa shape index (κ2) is 13.3. The Morgan fingerprint density at radius 1 is 0.878 bits per heavy atom. The molecule has 0 spiro atoms. The van der Waals surface area contributed by atoms with E-state index in [4.69, 9.17) is 5.73 Å². The first-order valence-corrected chi connectivity index (χ1v) is 14.8. The number of rotatable bonds is 11. The summed E-state index contributed by atoms with van der Waals surface area (Å²) in [5.41, 5.74) is 3.98. The Morgan fingerprint density at radius 3 is 1.85 bits per heavy atom. The quantitative estimate of drug-likeness (QED) is 0.275. The third-order valence-electron chi connectivity index (χ3n) is 8.15. The van der Waals surface area contributed by atoms with Gasteiger partial charge in [0.25, 0.3) is 5.91 Å². The molecule has 2 fully saturated rings. The lowest BCUT2D eigenvalue weighted by Gasteiger charge is -2.37. The van der Waals surface area contributed by atoms with Gasteiger partial charge in [0.2, 0.25) is 17.6 Å². The Kier molecular flexibility index (Phi) is 11.1. The van der Waals surface area contributed by atoms with Crippen molar-refractivity contribution >= 4 is 35.3 Å². The van der Waals surface area contributed by atoms with Crippen LogP contribution in [0.5, 0.6) is 0 Å². The second-order valence-electron chi connectivity index (χ2n) is 14.4. The molecule has 1 saturated heterocycles. The van der Waals surface area contributed by atoms with Crippen molar-refractivity contribution in [1.29, 1.82) is 0 Å². The van der Waals surface area contributed by atoms with Crippen molar-refractivity contribution in [2.75, 3.05) is 6.54 Å². The highest BCUT2D eigenvalue weighted by Crippen LogP contribution is 2.32. The highest BCUT2D eigenvalue weighted by atomic mass is 16.2. The fourth-order valence-electron chi connectivity index (χ4n) is 5.44. The number of primary amides is 1. The number of ketones is 2. The average molecular weight is 578 g/mol. The zero-order chi connectivity index (χ0) is 31.4. The fourth-order valence-corrected chi connectivity index (χ4v) is 5.44. The molecule has 2 rings (SSSR count). The summed E-state index contributed by atoms with van der Waals surface area (Å²) < 4.78 is 0. The summed E-state index contributed by atoms with van der Waals surface area (Å²) in [6.07, 6.45) is 3.58. The maximum Gasteiger partial charge on any atom is 0.316 e. The predicted octanol–water partition coefficient (Wildman–Crippen LogP) is 2.31. The van der Waals surface area contributed by atoms with Crippen LogP contribution in [-0.2, 0) is 24.0 Å². The predicted molar refractivity (Wildman–Crippen MR) is 155 cm³/mol. The van der Waals surface area contributed by atoms with Crippen molar-refractivity contribution in [2.45, 2.75) is 119 Å². The molecule has 11 nitrogen and oxygen atoms in total. The van der Waals surface area contributed by atoms with E-state index in [0.29, 0.717) is 19.4 Å². The molecule has 41 heavy (non-hydrogen) atoms. The number of nitrogens with zero attached hydrogens (tertiary/aromatic N) is 1. The van der Waals surface area contributed by atoms with Crippen molar-refractivity contribution in [3.05, 3.63) is 0 Å². The van der Waals surface area contributed by atoms with Gasteiger partial charge in [0, 0.05) is 12.5 Å². The molecule has 0 bridgehead atoms. The maximum atomic E-state index is 14.0. The normalized spacial score (nSPS) is 21.9. The van der Waals surface area contributed by atoms with Crippen LogP contribution >= 0.6 is 0 Å². The summed E-state index contributed by atoms with van der Waals surface area (Å²) in [6.45, 7) is 16.8. The summed E-state index contributed by atoms with van der Waals surface area (Å²) in [5, 5.41) is 8.26. The van der Waals surface area contributed by atoms with Gasteiger partial charge in [0.1, 0.15) is 12.1 Å². The third-order valence-corrected chi connectivity index (χ3v) is 8.15. The molecule has 11 heteroatoms. The first kappa shape index (κ1) is 34.2. The number of Topliss-reactive ketones (excluding diaryl/α,β-unsaturated/α-hetero) is 2. The van der Waals surface area contributed by atoms with E-state index in [1.165, 1.54) is 4.90 Å². The maximum absolute atomic E-state index is 14.0. The molecule has 0 aromatic rings. The first-order valence-electron chi connectivity index (χ1n) is 14.8. The molecule has 232 valence electrons. The van der Waals surface area contributed by atoms with Crippen LogP contribution in [-0.4, -0.2) is 70.9 Å². The van der Waals surface area contributed by atoms with E-state index >= 15 is 0 Å². The minimum Gasteiger partial charge on any atom is -0.363 e. The smallest absolute Gasteiger partial charge is 0.316 e. The van der Waals surface area contributed by atoms with Crippen molar-refractivity contribution in [3.63, 3.8) is 0 Å². The Labute approximate surface area is 244 Å². The topological polar surface area (TPSA) is 168 Å². The van der Waals surface area contributed by atoms with Crippen LogP contribution in [0.2, 0.25) is 0 Å². The summed E-state index contributed by atoms with van der Waals surface area (Å²) in [4.78, 5) is 79.1. The SMILES string of the molecule is CC1CC(C(=O)NC(CC2CCC2)C(=O)C(N)=O)N(C(=O)C(NC(=O)NC(C(=O)C(C)C)C(C)(C)C)C(C)(C)C)C1. The van der Waals surface area contributed by atoms with Gasteiger partial charge in [0.05, 0.1) is 12.1 Å². The number of hydrogen-bond donors (Lipinski definition) is 4. The van der Waals surface area contributed by atoms with Crippen LogP contribution in [0.15, 0.2) is 0 Å². The van der Waals surface area contributed by atoms with Crippen LogP contribution < -0.4 is 21.7 Å². The third kappa shape index (κ3) is 9.00. The summed E-state index contributed by atoms with van der Waals surface area (Å²) in [6, 6.07) is -4.32. The number of hydrogen-bond acceptors (Lipinski definition) is 6. The van der Waals surface area contributed by atoms with Gasteiger partial charge in [-0.2, -0.15) is 0 Å². The van der Waals surface area contributed by atoms with Gasteiger partial charge in [-0.3, -0.25) is 24.0 Å². The van der Waals surface area contributed by atoms with Gasteiger partial charge in [-0.15, -0.1) is 0 Å². The minimum atomic E-state index is -1.10. The van der Waals surface area contributed by atoms with Gasteiger partial charge >= 0.3 is 6.03 Å². The standard InChI is InChI=1S/C30H51N5O6/c1-16(2)21(36)23(29(4,5)6)33-28(41)34-24(30(7,8)9)27(40)35-15-17(3)13-20(35)26(39)32-19(22(37)25(31)38)14-18-11-10-12-18/h16-20,23-24H,10-15H2,1-9H3,(H2,31,38)(H,32,39)(H2,33,34,41). The molecular formula is C30H51N5O6. The zero-order valence-electron chi connectivity index (χ0n) is 26.3. The van der Waals surface area contributed by atoms with Crippen molar-refractivity contribution < 1.29 is 28.8 Å². The molecule has 1 aliphatic carbocycles. The lowest BCUT2D eigenvalue weighted by molar-refractivity contribution is -0.143.